The van der Waals surface area contributed by atoms with Gasteiger partial charge in [-0.05, 0) is 59.1 Å². The van der Waals surface area contributed by atoms with E-state index >= 15 is 0 Å². The fraction of sp³-hybridized carbons (Fsp3) is 0.316. The SMILES string of the molecule is CCC(C)N(Cc1cccc(OS(C)(=O)=O)c1)C(=O)c1ccccc1Br. The van der Waals surface area contributed by atoms with Crippen molar-refractivity contribution in [3.05, 3.63) is 64.1 Å². The molecule has 0 radical (unpaired) electrons. The van der Waals surface area contributed by atoms with Crippen molar-refractivity contribution in [1.29, 1.82) is 0 Å². The molecule has 1 unspecified atom stereocenters. The summed E-state index contributed by atoms with van der Waals surface area (Å²) in [4.78, 5) is 14.8. The monoisotopic (exact) mass is 439 g/mol. The number of rotatable bonds is 7. The number of nitrogens with zero attached hydrogens (tertiary/aromatic N) is 1. The molecule has 2 rings (SSSR count). The van der Waals surface area contributed by atoms with Gasteiger partial charge in [0.1, 0.15) is 5.75 Å². The van der Waals surface area contributed by atoms with Gasteiger partial charge in [-0.2, -0.15) is 8.42 Å². The number of amides is 1. The van der Waals surface area contributed by atoms with E-state index in [1.54, 1.807) is 29.2 Å². The van der Waals surface area contributed by atoms with E-state index in [2.05, 4.69) is 15.9 Å². The lowest BCUT2D eigenvalue weighted by Gasteiger charge is -2.29. The standard InChI is InChI=1S/C19H22BrNO4S/c1-4-14(2)21(19(22)17-10-5-6-11-18(17)20)13-15-8-7-9-16(12-15)25-26(3,23)24/h5-12,14H,4,13H2,1-3H3. The van der Waals surface area contributed by atoms with Crippen LogP contribution in [0.5, 0.6) is 5.75 Å². The van der Waals surface area contributed by atoms with Gasteiger partial charge in [0.25, 0.3) is 5.91 Å². The molecule has 7 heteroatoms. The maximum absolute atomic E-state index is 13.1. The maximum atomic E-state index is 13.1. The van der Waals surface area contributed by atoms with E-state index in [0.29, 0.717) is 12.1 Å². The van der Waals surface area contributed by atoms with Crippen molar-refractivity contribution in [2.75, 3.05) is 6.26 Å². The molecule has 1 amide bonds. The molecule has 1 atom stereocenters. The number of hydrogen-bond donors (Lipinski definition) is 0. The summed E-state index contributed by atoms with van der Waals surface area (Å²) in [6.45, 7) is 4.37. The van der Waals surface area contributed by atoms with Gasteiger partial charge < -0.3 is 9.08 Å². The normalized spacial score (nSPS) is 12.5. The molecule has 26 heavy (non-hydrogen) atoms. The first kappa shape index (κ1) is 20.5. The zero-order valence-corrected chi connectivity index (χ0v) is 17.4. The number of carbonyl (C=O) groups is 1. The zero-order chi connectivity index (χ0) is 19.3. The molecule has 2 aromatic rings. The van der Waals surface area contributed by atoms with Gasteiger partial charge in [-0.15, -0.1) is 0 Å². The molecule has 0 aliphatic heterocycles. The first-order valence-electron chi connectivity index (χ1n) is 8.25. The summed E-state index contributed by atoms with van der Waals surface area (Å²) in [6.07, 6.45) is 1.80. The maximum Gasteiger partial charge on any atom is 0.306 e. The fourth-order valence-corrected chi connectivity index (χ4v) is 3.41. The molecule has 0 heterocycles. The van der Waals surface area contributed by atoms with Gasteiger partial charge in [0.2, 0.25) is 0 Å². The molecule has 0 fully saturated rings. The summed E-state index contributed by atoms with van der Waals surface area (Å²) in [5.74, 6) is 0.156. The summed E-state index contributed by atoms with van der Waals surface area (Å²) in [7, 11) is -3.60. The van der Waals surface area contributed by atoms with Crippen LogP contribution >= 0.6 is 15.9 Å². The van der Waals surface area contributed by atoms with Gasteiger partial charge in [0.15, 0.2) is 0 Å². The third-order valence-electron chi connectivity index (χ3n) is 3.99. The van der Waals surface area contributed by atoms with Crippen LogP contribution in [0.25, 0.3) is 0 Å². The summed E-state index contributed by atoms with van der Waals surface area (Å²) >= 11 is 3.43. The molecule has 0 aromatic heterocycles. The van der Waals surface area contributed by atoms with Crippen LogP contribution in [0, 0.1) is 0 Å². The predicted octanol–water partition coefficient (Wildman–Crippen LogP) is 4.23. The Morgan fingerprint density at radius 2 is 1.88 bits per heavy atom. The minimum Gasteiger partial charge on any atom is -0.383 e. The van der Waals surface area contributed by atoms with Crippen LogP contribution in [0.3, 0.4) is 0 Å². The molecule has 2 aromatic carbocycles. The zero-order valence-electron chi connectivity index (χ0n) is 15.0. The highest BCUT2D eigenvalue weighted by atomic mass is 79.9. The van der Waals surface area contributed by atoms with Crippen LogP contribution < -0.4 is 4.18 Å². The highest BCUT2D eigenvalue weighted by Crippen LogP contribution is 2.23. The van der Waals surface area contributed by atoms with Crippen molar-refractivity contribution in [2.45, 2.75) is 32.9 Å². The van der Waals surface area contributed by atoms with Crippen molar-refractivity contribution in [2.24, 2.45) is 0 Å². The second-order valence-electron chi connectivity index (χ2n) is 6.11. The highest BCUT2D eigenvalue weighted by molar-refractivity contribution is 9.10. The second-order valence-corrected chi connectivity index (χ2v) is 8.53. The Morgan fingerprint density at radius 1 is 1.19 bits per heavy atom. The Bertz CT molecular complexity index is 883. The van der Waals surface area contributed by atoms with Crippen molar-refractivity contribution < 1.29 is 17.4 Å². The van der Waals surface area contributed by atoms with Crippen LogP contribution in [-0.4, -0.2) is 31.5 Å². The summed E-state index contributed by atoms with van der Waals surface area (Å²) in [5.41, 5.74) is 1.39. The average molecular weight is 440 g/mol. The minimum absolute atomic E-state index is 0.0223. The lowest BCUT2D eigenvalue weighted by atomic mass is 10.1. The van der Waals surface area contributed by atoms with E-state index in [1.165, 1.54) is 0 Å². The number of halogens is 1. The van der Waals surface area contributed by atoms with Crippen molar-refractivity contribution in [1.82, 2.24) is 4.90 Å². The fourth-order valence-electron chi connectivity index (χ4n) is 2.50. The van der Waals surface area contributed by atoms with Gasteiger partial charge in [-0.3, -0.25) is 4.79 Å². The lowest BCUT2D eigenvalue weighted by Crippen LogP contribution is -2.38. The van der Waals surface area contributed by atoms with Crippen molar-refractivity contribution >= 4 is 32.0 Å². The van der Waals surface area contributed by atoms with Crippen molar-refractivity contribution in [3.8, 4) is 5.75 Å². The number of benzene rings is 2. The third kappa shape index (κ3) is 5.57. The van der Waals surface area contributed by atoms with Crippen LogP contribution in [0.1, 0.15) is 36.2 Å². The van der Waals surface area contributed by atoms with Gasteiger partial charge in [0, 0.05) is 17.1 Å². The van der Waals surface area contributed by atoms with E-state index in [1.807, 2.05) is 38.1 Å². The topological polar surface area (TPSA) is 63.7 Å². The Hall–Kier alpha value is -1.86. The Kier molecular flexibility index (Phi) is 6.83. The molecular formula is C19H22BrNO4S. The van der Waals surface area contributed by atoms with E-state index < -0.39 is 10.1 Å². The van der Waals surface area contributed by atoms with Gasteiger partial charge in [0.05, 0.1) is 11.8 Å². The molecule has 0 saturated carbocycles. The van der Waals surface area contributed by atoms with E-state index in [-0.39, 0.29) is 17.7 Å². The van der Waals surface area contributed by atoms with Crippen molar-refractivity contribution in [3.63, 3.8) is 0 Å². The first-order valence-corrected chi connectivity index (χ1v) is 10.9. The molecular weight excluding hydrogens is 418 g/mol. The van der Waals surface area contributed by atoms with E-state index in [4.69, 9.17) is 4.18 Å². The number of carbonyl (C=O) groups excluding carboxylic acids is 1. The molecule has 0 bridgehead atoms. The summed E-state index contributed by atoms with van der Waals surface area (Å²) in [5, 5.41) is 0. The third-order valence-corrected chi connectivity index (χ3v) is 5.17. The Morgan fingerprint density at radius 3 is 2.50 bits per heavy atom. The summed E-state index contributed by atoms with van der Waals surface area (Å²) in [6, 6.07) is 14.1. The molecule has 140 valence electrons. The summed E-state index contributed by atoms with van der Waals surface area (Å²) < 4.78 is 28.3. The van der Waals surface area contributed by atoms with Gasteiger partial charge in [-0.1, -0.05) is 31.2 Å². The van der Waals surface area contributed by atoms with Crippen LogP contribution in [0.2, 0.25) is 0 Å². The van der Waals surface area contributed by atoms with Crippen LogP contribution in [0.15, 0.2) is 53.0 Å². The van der Waals surface area contributed by atoms with E-state index in [9.17, 15) is 13.2 Å². The van der Waals surface area contributed by atoms with Crippen LogP contribution in [0.4, 0.5) is 0 Å². The smallest absolute Gasteiger partial charge is 0.306 e. The first-order chi connectivity index (χ1) is 12.2. The van der Waals surface area contributed by atoms with Gasteiger partial charge >= 0.3 is 10.1 Å². The second kappa shape index (κ2) is 8.68. The van der Waals surface area contributed by atoms with E-state index in [0.717, 1.165) is 22.7 Å². The average Bonchev–Trinajstić information content (AvgIpc) is 2.58. The molecule has 0 spiro atoms. The minimum atomic E-state index is -3.60. The quantitative estimate of drug-likeness (QED) is 0.605. The van der Waals surface area contributed by atoms with Gasteiger partial charge in [-0.25, -0.2) is 0 Å². The molecule has 0 N–H and O–H groups in total. The molecule has 0 saturated heterocycles. The number of hydrogen-bond acceptors (Lipinski definition) is 4. The Balaban J connectivity index is 2.30. The molecule has 0 aliphatic rings. The predicted molar refractivity (Wildman–Crippen MR) is 106 cm³/mol. The molecule has 5 nitrogen and oxygen atoms in total. The molecule has 0 aliphatic carbocycles. The Labute approximate surface area is 163 Å². The lowest BCUT2D eigenvalue weighted by molar-refractivity contribution is 0.0670. The van der Waals surface area contributed by atoms with Crippen LogP contribution in [-0.2, 0) is 16.7 Å². The highest BCUT2D eigenvalue weighted by Gasteiger charge is 2.22. The largest absolute Gasteiger partial charge is 0.383 e.